The monoisotopic (exact) mass is 287 g/mol. The SMILES string of the molecule is COc1cc2c(cc1C(F)(F)F)N(C(=O)C(C)C)CC2. The highest BCUT2D eigenvalue weighted by Crippen LogP contribution is 2.42. The summed E-state index contributed by atoms with van der Waals surface area (Å²) in [4.78, 5) is 13.5. The predicted molar refractivity (Wildman–Crippen MR) is 68.9 cm³/mol. The number of carbonyl (C=O) groups excluding carboxylic acids is 1. The average molecular weight is 287 g/mol. The molecular weight excluding hydrogens is 271 g/mol. The van der Waals surface area contributed by atoms with Crippen LogP contribution in [0.2, 0.25) is 0 Å². The molecule has 0 atom stereocenters. The Labute approximate surface area is 115 Å². The summed E-state index contributed by atoms with van der Waals surface area (Å²) >= 11 is 0. The lowest BCUT2D eigenvalue weighted by Gasteiger charge is -2.21. The van der Waals surface area contributed by atoms with Gasteiger partial charge in [0.15, 0.2) is 0 Å². The van der Waals surface area contributed by atoms with E-state index in [1.54, 1.807) is 13.8 Å². The lowest BCUT2D eigenvalue weighted by atomic mass is 10.1. The number of carbonyl (C=O) groups is 1. The zero-order valence-electron chi connectivity index (χ0n) is 11.5. The molecule has 110 valence electrons. The van der Waals surface area contributed by atoms with Crippen molar-refractivity contribution in [3.63, 3.8) is 0 Å². The smallest absolute Gasteiger partial charge is 0.420 e. The van der Waals surface area contributed by atoms with E-state index in [-0.39, 0.29) is 17.6 Å². The molecule has 1 aromatic rings. The highest BCUT2D eigenvalue weighted by molar-refractivity contribution is 5.97. The van der Waals surface area contributed by atoms with Crippen molar-refractivity contribution in [2.45, 2.75) is 26.4 Å². The highest BCUT2D eigenvalue weighted by atomic mass is 19.4. The van der Waals surface area contributed by atoms with Crippen LogP contribution in [-0.2, 0) is 17.4 Å². The van der Waals surface area contributed by atoms with Gasteiger partial charge in [-0.25, -0.2) is 0 Å². The minimum atomic E-state index is -4.50. The van der Waals surface area contributed by atoms with Gasteiger partial charge in [-0.3, -0.25) is 4.79 Å². The van der Waals surface area contributed by atoms with Gasteiger partial charge in [0.2, 0.25) is 5.91 Å². The van der Waals surface area contributed by atoms with Crippen molar-refractivity contribution in [2.75, 3.05) is 18.6 Å². The number of rotatable bonds is 2. The fourth-order valence-corrected chi connectivity index (χ4v) is 2.35. The third-order valence-corrected chi connectivity index (χ3v) is 3.36. The summed E-state index contributed by atoms with van der Waals surface area (Å²) in [6, 6.07) is 2.40. The first-order valence-electron chi connectivity index (χ1n) is 6.35. The molecule has 20 heavy (non-hydrogen) atoms. The lowest BCUT2D eigenvalue weighted by molar-refractivity contribution is -0.138. The Kier molecular flexibility index (Phi) is 3.67. The second-order valence-electron chi connectivity index (χ2n) is 5.07. The van der Waals surface area contributed by atoms with Crippen LogP contribution in [0.3, 0.4) is 0 Å². The number of anilines is 1. The Morgan fingerprint density at radius 1 is 1.35 bits per heavy atom. The fraction of sp³-hybridized carbons (Fsp3) is 0.500. The summed E-state index contributed by atoms with van der Waals surface area (Å²) < 4.78 is 43.8. The van der Waals surface area contributed by atoms with E-state index in [9.17, 15) is 18.0 Å². The van der Waals surface area contributed by atoms with E-state index in [1.165, 1.54) is 18.1 Å². The van der Waals surface area contributed by atoms with Crippen molar-refractivity contribution >= 4 is 11.6 Å². The van der Waals surface area contributed by atoms with Gasteiger partial charge in [0, 0.05) is 18.2 Å². The zero-order valence-corrected chi connectivity index (χ0v) is 11.5. The number of alkyl halides is 3. The van der Waals surface area contributed by atoms with Crippen LogP contribution in [0.1, 0.15) is 25.0 Å². The van der Waals surface area contributed by atoms with Crippen molar-refractivity contribution in [1.29, 1.82) is 0 Å². The molecule has 6 heteroatoms. The maximum absolute atomic E-state index is 13.0. The molecule has 0 aliphatic carbocycles. The van der Waals surface area contributed by atoms with Crippen molar-refractivity contribution in [3.05, 3.63) is 23.3 Å². The van der Waals surface area contributed by atoms with E-state index in [2.05, 4.69) is 0 Å². The number of halogens is 3. The summed E-state index contributed by atoms with van der Waals surface area (Å²) in [5.74, 6) is -0.616. The maximum Gasteiger partial charge on any atom is 0.420 e. The molecule has 3 nitrogen and oxygen atoms in total. The molecular formula is C14H16F3NO2. The van der Waals surface area contributed by atoms with Crippen molar-refractivity contribution < 1.29 is 22.7 Å². The Bertz CT molecular complexity index is 538. The van der Waals surface area contributed by atoms with Crippen molar-refractivity contribution in [3.8, 4) is 5.75 Å². The summed E-state index contributed by atoms with van der Waals surface area (Å²) in [5.41, 5.74) is 0.211. The van der Waals surface area contributed by atoms with E-state index in [1.807, 2.05) is 0 Å². The standard InChI is InChI=1S/C14H16F3NO2/c1-8(2)13(19)18-5-4-9-6-12(20-3)10(7-11(9)18)14(15,16)17/h6-8H,4-5H2,1-3H3. The zero-order chi connectivity index (χ0) is 15.1. The maximum atomic E-state index is 13.0. The Morgan fingerprint density at radius 2 is 2.00 bits per heavy atom. The molecule has 0 spiro atoms. The van der Waals surface area contributed by atoms with Crippen LogP contribution in [-0.4, -0.2) is 19.6 Å². The van der Waals surface area contributed by atoms with E-state index < -0.39 is 11.7 Å². The quantitative estimate of drug-likeness (QED) is 0.835. The van der Waals surface area contributed by atoms with Crippen LogP contribution >= 0.6 is 0 Å². The normalized spacial score (nSPS) is 14.7. The number of ether oxygens (including phenoxy) is 1. The molecule has 1 aromatic carbocycles. The molecule has 1 amide bonds. The molecule has 0 saturated heterocycles. The average Bonchev–Trinajstić information content (AvgIpc) is 2.77. The van der Waals surface area contributed by atoms with Gasteiger partial charge in [0.05, 0.1) is 12.7 Å². The van der Waals surface area contributed by atoms with Crippen molar-refractivity contribution in [1.82, 2.24) is 0 Å². The molecule has 0 N–H and O–H groups in total. The van der Waals surface area contributed by atoms with E-state index >= 15 is 0 Å². The van der Waals surface area contributed by atoms with E-state index in [0.29, 0.717) is 24.2 Å². The number of hydrogen-bond acceptors (Lipinski definition) is 2. The molecule has 0 bridgehead atoms. The van der Waals surface area contributed by atoms with Gasteiger partial charge in [0.1, 0.15) is 5.75 Å². The van der Waals surface area contributed by atoms with Crippen LogP contribution in [0.25, 0.3) is 0 Å². The summed E-state index contributed by atoms with van der Waals surface area (Å²) in [7, 11) is 1.21. The molecule has 0 saturated carbocycles. The molecule has 2 rings (SSSR count). The van der Waals surface area contributed by atoms with Crippen LogP contribution < -0.4 is 9.64 Å². The summed E-state index contributed by atoms with van der Waals surface area (Å²) in [6.07, 6.45) is -3.96. The topological polar surface area (TPSA) is 29.5 Å². The number of benzene rings is 1. The van der Waals surface area contributed by atoms with Gasteiger partial charge >= 0.3 is 6.18 Å². The Morgan fingerprint density at radius 3 is 2.50 bits per heavy atom. The third kappa shape index (κ3) is 2.46. The summed E-state index contributed by atoms with van der Waals surface area (Å²) in [6.45, 7) is 3.87. The molecule has 1 aliphatic heterocycles. The van der Waals surface area contributed by atoms with E-state index in [4.69, 9.17) is 4.74 Å². The van der Waals surface area contributed by atoms with E-state index in [0.717, 1.165) is 6.07 Å². The molecule has 0 radical (unpaired) electrons. The fourth-order valence-electron chi connectivity index (χ4n) is 2.35. The van der Waals surface area contributed by atoms with Crippen LogP contribution in [0.15, 0.2) is 12.1 Å². The van der Waals surface area contributed by atoms with Gasteiger partial charge in [-0.2, -0.15) is 13.2 Å². The molecule has 1 heterocycles. The van der Waals surface area contributed by atoms with Gasteiger partial charge in [-0.1, -0.05) is 13.8 Å². The molecule has 0 unspecified atom stereocenters. The number of fused-ring (bicyclic) bond motifs is 1. The highest BCUT2D eigenvalue weighted by Gasteiger charge is 2.37. The van der Waals surface area contributed by atoms with Crippen LogP contribution in [0.5, 0.6) is 5.75 Å². The third-order valence-electron chi connectivity index (χ3n) is 3.36. The van der Waals surface area contributed by atoms with Crippen molar-refractivity contribution in [2.24, 2.45) is 5.92 Å². The minimum absolute atomic E-state index is 0.165. The number of amides is 1. The first-order chi connectivity index (χ1) is 9.25. The Hall–Kier alpha value is -1.72. The first-order valence-corrected chi connectivity index (χ1v) is 6.35. The number of methoxy groups -OCH3 is 1. The lowest BCUT2D eigenvalue weighted by Crippen LogP contribution is -2.32. The molecule has 0 aromatic heterocycles. The van der Waals surface area contributed by atoms with Gasteiger partial charge in [0.25, 0.3) is 0 Å². The molecule has 1 aliphatic rings. The number of hydrogen-bond donors (Lipinski definition) is 0. The van der Waals surface area contributed by atoms with Crippen LogP contribution in [0, 0.1) is 5.92 Å². The largest absolute Gasteiger partial charge is 0.496 e. The molecule has 0 fully saturated rings. The summed E-state index contributed by atoms with van der Waals surface area (Å²) in [5, 5.41) is 0. The second-order valence-corrected chi connectivity index (χ2v) is 5.07. The second kappa shape index (κ2) is 5.00. The number of nitrogens with zero attached hydrogens (tertiary/aromatic N) is 1. The van der Waals surface area contributed by atoms with Crippen LogP contribution in [0.4, 0.5) is 18.9 Å². The van der Waals surface area contributed by atoms with Gasteiger partial charge in [-0.15, -0.1) is 0 Å². The van der Waals surface area contributed by atoms with Gasteiger partial charge < -0.3 is 9.64 Å². The minimum Gasteiger partial charge on any atom is -0.496 e. The predicted octanol–water partition coefficient (Wildman–Crippen LogP) is 3.26. The Balaban J connectivity index is 2.51. The van der Waals surface area contributed by atoms with Gasteiger partial charge in [-0.05, 0) is 24.1 Å². The first kappa shape index (κ1) is 14.7.